The van der Waals surface area contributed by atoms with E-state index in [0.29, 0.717) is 11.9 Å². The van der Waals surface area contributed by atoms with Crippen LogP contribution in [0.4, 0.5) is 0 Å². The second-order valence-electron chi connectivity index (χ2n) is 5.30. The van der Waals surface area contributed by atoms with Crippen LogP contribution in [0.1, 0.15) is 39.0 Å². The van der Waals surface area contributed by atoms with E-state index < -0.39 is 0 Å². The van der Waals surface area contributed by atoms with Crippen LogP contribution >= 0.6 is 0 Å². The molecule has 2 rings (SSSR count). The van der Waals surface area contributed by atoms with Crippen molar-refractivity contribution >= 4 is 5.91 Å². The minimum Gasteiger partial charge on any atom is -0.341 e. The number of carbonyl (C=O) groups excluding carboxylic acids is 1. The van der Waals surface area contributed by atoms with Gasteiger partial charge in [0, 0.05) is 19.1 Å². The Morgan fingerprint density at radius 2 is 2.00 bits per heavy atom. The molecule has 2 aliphatic rings. The SMILES string of the molecule is CC(NC1CCCNCC1)C(=O)N1CCCC1. The molecule has 2 fully saturated rings. The van der Waals surface area contributed by atoms with Crippen molar-refractivity contribution in [2.24, 2.45) is 0 Å². The molecule has 0 aromatic rings. The maximum absolute atomic E-state index is 12.2. The third-order valence-corrected chi connectivity index (χ3v) is 3.85. The molecular weight excluding hydrogens is 214 g/mol. The number of amides is 1. The molecule has 2 heterocycles. The van der Waals surface area contributed by atoms with Crippen LogP contribution in [0, 0.1) is 0 Å². The van der Waals surface area contributed by atoms with E-state index in [1.165, 1.54) is 25.7 Å². The van der Waals surface area contributed by atoms with Crippen LogP contribution in [0.2, 0.25) is 0 Å². The van der Waals surface area contributed by atoms with Gasteiger partial charge < -0.3 is 15.5 Å². The van der Waals surface area contributed by atoms with Gasteiger partial charge in [0.15, 0.2) is 0 Å². The van der Waals surface area contributed by atoms with Crippen LogP contribution in [-0.2, 0) is 4.79 Å². The van der Waals surface area contributed by atoms with E-state index in [-0.39, 0.29) is 6.04 Å². The number of likely N-dealkylation sites (tertiary alicyclic amines) is 1. The molecule has 0 aliphatic carbocycles. The lowest BCUT2D eigenvalue weighted by molar-refractivity contribution is -0.132. The maximum Gasteiger partial charge on any atom is 0.239 e. The van der Waals surface area contributed by atoms with Gasteiger partial charge in [-0.15, -0.1) is 0 Å². The summed E-state index contributed by atoms with van der Waals surface area (Å²) in [5.41, 5.74) is 0. The smallest absolute Gasteiger partial charge is 0.239 e. The van der Waals surface area contributed by atoms with E-state index in [4.69, 9.17) is 0 Å². The Balaban J connectivity index is 1.78. The van der Waals surface area contributed by atoms with Crippen LogP contribution in [0.3, 0.4) is 0 Å². The quantitative estimate of drug-likeness (QED) is 0.763. The molecule has 0 spiro atoms. The Labute approximate surface area is 104 Å². The van der Waals surface area contributed by atoms with Crippen molar-refractivity contribution < 1.29 is 4.79 Å². The molecule has 0 saturated carbocycles. The molecule has 2 N–H and O–H groups in total. The van der Waals surface area contributed by atoms with E-state index in [9.17, 15) is 4.79 Å². The predicted molar refractivity (Wildman–Crippen MR) is 68.9 cm³/mol. The van der Waals surface area contributed by atoms with Gasteiger partial charge in [0.1, 0.15) is 0 Å². The second-order valence-corrected chi connectivity index (χ2v) is 5.30. The zero-order valence-electron chi connectivity index (χ0n) is 10.9. The fourth-order valence-electron chi connectivity index (χ4n) is 2.82. The molecule has 2 aliphatic heterocycles. The van der Waals surface area contributed by atoms with Crippen molar-refractivity contribution in [2.75, 3.05) is 26.2 Å². The lowest BCUT2D eigenvalue weighted by Gasteiger charge is -2.25. The molecule has 4 nitrogen and oxygen atoms in total. The van der Waals surface area contributed by atoms with Crippen LogP contribution in [0.25, 0.3) is 0 Å². The fourth-order valence-corrected chi connectivity index (χ4v) is 2.82. The van der Waals surface area contributed by atoms with Crippen LogP contribution in [0.15, 0.2) is 0 Å². The van der Waals surface area contributed by atoms with Gasteiger partial charge in [-0.05, 0) is 52.1 Å². The molecule has 1 amide bonds. The Morgan fingerprint density at radius 3 is 2.76 bits per heavy atom. The lowest BCUT2D eigenvalue weighted by atomic mass is 10.1. The Bertz CT molecular complexity index is 243. The Morgan fingerprint density at radius 1 is 1.24 bits per heavy atom. The highest BCUT2D eigenvalue weighted by molar-refractivity contribution is 5.81. The summed E-state index contributed by atoms with van der Waals surface area (Å²) >= 11 is 0. The maximum atomic E-state index is 12.2. The van der Waals surface area contributed by atoms with Crippen molar-refractivity contribution in [3.63, 3.8) is 0 Å². The number of rotatable bonds is 3. The molecule has 2 unspecified atom stereocenters. The first-order valence-electron chi connectivity index (χ1n) is 7.03. The van der Waals surface area contributed by atoms with E-state index in [1.807, 2.05) is 11.8 Å². The van der Waals surface area contributed by atoms with Gasteiger partial charge in [-0.2, -0.15) is 0 Å². The van der Waals surface area contributed by atoms with E-state index in [0.717, 1.165) is 32.6 Å². The molecular formula is C13H25N3O. The summed E-state index contributed by atoms with van der Waals surface area (Å²) in [4.78, 5) is 14.2. The summed E-state index contributed by atoms with van der Waals surface area (Å²) in [6, 6.07) is 0.489. The first-order valence-corrected chi connectivity index (χ1v) is 7.03. The molecule has 17 heavy (non-hydrogen) atoms. The minimum absolute atomic E-state index is 0.0174. The Hall–Kier alpha value is -0.610. The molecule has 2 saturated heterocycles. The molecule has 4 heteroatoms. The number of nitrogens with zero attached hydrogens (tertiary/aromatic N) is 1. The number of hydrogen-bond donors (Lipinski definition) is 2. The van der Waals surface area contributed by atoms with Crippen LogP contribution in [-0.4, -0.2) is 49.1 Å². The van der Waals surface area contributed by atoms with Crippen molar-refractivity contribution in [2.45, 2.75) is 51.1 Å². The van der Waals surface area contributed by atoms with Gasteiger partial charge in [-0.1, -0.05) is 0 Å². The number of hydrogen-bond acceptors (Lipinski definition) is 3. The van der Waals surface area contributed by atoms with Crippen molar-refractivity contribution in [3.05, 3.63) is 0 Å². The van der Waals surface area contributed by atoms with Gasteiger partial charge >= 0.3 is 0 Å². The minimum atomic E-state index is -0.0174. The summed E-state index contributed by atoms with van der Waals surface area (Å²) in [5, 5.41) is 6.90. The van der Waals surface area contributed by atoms with Gasteiger partial charge in [0.2, 0.25) is 5.91 Å². The van der Waals surface area contributed by atoms with Gasteiger partial charge in [0.05, 0.1) is 6.04 Å². The molecule has 0 radical (unpaired) electrons. The first-order chi connectivity index (χ1) is 8.27. The predicted octanol–water partition coefficient (Wildman–Crippen LogP) is 0.729. The Kier molecular flexibility index (Phi) is 4.80. The third-order valence-electron chi connectivity index (χ3n) is 3.85. The van der Waals surface area contributed by atoms with E-state index in [2.05, 4.69) is 10.6 Å². The second kappa shape index (κ2) is 6.36. The summed E-state index contributed by atoms with van der Waals surface area (Å²) in [6.45, 7) is 6.11. The fraction of sp³-hybridized carbons (Fsp3) is 0.923. The van der Waals surface area contributed by atoms with Crippen molar-refractivity contribution in [1.29, 1.82) is 0 Å². The van der Waals surface area contributed by atoms with Crippen LogP contribution in [0.5, 0.6) is 0 Å². The van der Waals surface area contributed by atoms with Crippen molar-refractivity contribution in [1.82, 2.24) is 15.5 Å². The lowest BCUT2D eigenvalue weighted by Crippen LogP contribution is -2.47. The largest absolute Gasteiger partial charge is 0.341 e. The summed E-state index contributed by atoms with van der Waals surface area (Å²) in [6.07, 6.45) is 5.88. The van der Waals surface area contributed by atoms with Gasteiger partial charge in [-0.3, -0.25) is 4.79 Å². The van der Waals surface area contributed by atoms with Gasteiger partial charge in [0.25, 0.3) is 0 Å². The standard InChI is InChI=1S/C13H25N3O/c1-11(13(17)16-9-2-3-10-16)15-12-5-4-7-14-8-6-12/h11-12,14-15H,2-10H2,1H3. The van der Waals surface area contributed by atoms with Gasteiger partial charge in [-0.25, -0.2) is 0 Å². The summed E-state index contributed by atoms with van der Waals surface area (Å²) in [5.74, 6) is 0.291. The van der Waals surface area contributed by atoms with E-state index in [1.54, 1.807) is 0 Å². The number of carbonyl (C=O) groups is 1. The normalized spacial score (nSPS) is 27.8. The third kappa shape index (κ3) is 3.68. The van der Waals surface area contributed by atoms with E-state index >= 15 is 0 Å². The van der Waals surface area contributed by atoms with Crippen LogP contribution < -0.4 is 10.6 Å². The molecule has 0 aromatic heterocycles. The van der Waals surface area contributed by atoms with Crippen molar-refractivity contribution in [3.8, 4) is 0 Å². The topological polar surface area (TPSA) is 44.4 Å². The summed E-state index contributed by atoms with van der Waals surface area (Å²) < 4.78 is 0. The highest BCUT2D eigenvalue weighted by Crippen LogP contribution is 2.11. The average molecular weight is 239 g/mol. The zero-order chi connectivity index (χ0) is 12.1. The molecule has 0 bridgehead atoms. The highest BCUT2D eigenvalue weighted by atomic mass is 16.2. The highest BCUT2D eigenvalue weighted by Gasteiger charge is 2.25. The molecule has 0 aromatic carbocycles. The first kappa shape index (κ1) is 12.8. The average Bonchev–Trinajstić information content (AvgIpc) is 2.74. The zero-order valence-corrected chi connectivity index (χ0v) is 10.9. The summed E-state index contributed by atoms with van der Waals surface area (Å²) in [7, 11) is 0. The molecule has 98 valence electrons. The number of nitrogens with one attached hydrogen (secondary N) is 2. The monoisotopic (exact) mass is 239 g/mol. The molecule has 2 atom stereocenters.